The highest BCUT2D eigenvalue weighted by atomic mass is 16.5. The summed E-state index contributed by atoms with van der Waals surface area (Å²) in [5.74, 6) is 0. The van der Waals surface area contributed by atoms with Crippen LogP contribution in [0, 0.1) is 0 Å². The van der Waals surface area contributed by atoms with Gasteiger partial charge in [-0.05, 0) is 29.2 Å². The molecule has 0 radical (unpaired) electrons. The number of rotatable bonds is 5. The van der Waals surface area contributed by atoms with Crippen molar-refractivity contribution in [2.45, 2.75) is 38.4 Å². The van der Waals surface area contributed by atoms with E-state index < -0.39 is 11.7 Å². The molecule has 0 bridgehead atoms. The summed E-state index contributed by atoms with van der Waals surface area (Å²) in [5.41, 5.74) is 0.438. The summed E-state index contributed by atoms with van der Waals surface area (Å²) in [5, 5.41) is 13.1. The van der Waals surface area contributed by atoms with Crippen molar-refractivity contribution in [2.75, 3.05) is 7.11 Å². The minimum absolute atomic E-state index is 0.510. The van der Waals surface area contributed by atoms with E-state index in [9.17, 15) is 5.11 Å². The van der Waals surface area contributed by atoms with E-state index in [1.807, 2.05) is 24.3 Å². The van der Waals surface area contributed by atoms with Crippen LogP contribution in [0.4, 0.5) is 0 Å². The van der Waals surface area contributed by atoms with Crippen LogP contribution in [0.15, 0.2) is 42.5 Å². The van der Waals surface area contributed by atoms with E-state index >= 15 is 0 Å². The molecule has 2 rings (SSSR count). The molecule has 2 heteroatoms. The van der Waals surface area contributed by atoms with Crippen LogP contribution in [0.3, 0.4) is 0 Å². The minimum atomic E-state index is -0.612. The van der Waals surface area contributed by atoms with Crippen LogP contribution in [-0.2, 0) is 4.74 Å². The number of aliphatic hydroxyl groups excluding tert-OH is 1. The van der Waals surface area contributed by atoms with Crippen LogP contribution in [0.2, 0.25) is 0 Å². The first-order valence-electron chi connectivity index (χ1n) is 6.89. The van der Waals surface area contributed by atoms with Crippen LogP contribution in [0.5, 0.6) is 0 Å². The second kappa shape index (κ2) is 5.72. The molecule has 0 saturated heterocycles. The molecule has 0 aliphatic carbocycles. The van der Waals surface area contributed by atoms with Gasteiger partial charge in [-0.3, -0.25) is 0 Å². The van der Waals surface area contributed by atoms with Crippen LogP contribution >= 0.6 is 0 Å². The van der Waals surface area contributed by atoms with Gasteiger partial charge >= 0.3 is 0 Å². The third-order valence-electron chi connectivity index (χ3n) is 4.22. The lowest BCUT2D eigenvalue weighted by atomic mass is 9.84. The first-order valence-corrected chi connectivity index (χ1v) is 6.89. The van der Waals surface area contributed by atoms with E-state index in [2.05, 4.69) is 32.0 Å². The molecule has 0 aliphatic heterocycles. The molecular weight excluding hydrogens is 236 g/mol. The molecule has 2 nitrogen and oxygen atoms in total. The Morgan fingerprint density at radius 2 is 1.68 bits per heavy atom. The van der Waals surface area contributed by atoms with Crippen molar-refractivity contribution >= 4 is 10.8 Å². The molecule has 0 saturated carbocycles. The Balaban J connectivity index is 2.55. The molecule has 2 aromatic carbocycles. The summed E-state index contributed by atoms with van der Waals surface area (Å²) >= 11 is 0. The normalized spacial score (nSPS) is 13.7. The number of fused-ring (bicyclic) bond motifs is 1. The Bertz CT molecular complexity index is 530. The number of ether oxygens (including phenoxy) is 1. The predicted molar refractivity (Wildman–Crippen MR) is 79.2 cm³/mol. The van der Waals surface area contributed by atoms with Gasteiger partial charge in [0.1, 0.15) is 6.10 Å². The molecule has 1 N–H and O–H groups in total. The Kier molecular flexibility index (Phi) is 4.23. The lowest BCUT2D eigenvalue weighted by Gasteiger charge is -2.36. The Labute approximate surface area is 115 Å². The lowest BCUT2D eigenvalue weighted by molar-refractivity contribution is -0.109. The molecule has 1 unspecified atom stereocenters. The van der Waals surface area contributed by atoms with Crippen molar-refractivity contribution in [1.82, 2.24) is 0 Å². The molecule has 0 amide bonds. The second-order valence-corrected chi connectivity index (χ2v) is 4.95. The van der Waals surface area contributed by atoms with Gasteiger partial charge in [0.2, 0.25) is 0 Å². The maximum absolute atomic E-state index is 10.8. The second-order valence-electron chi connectivity index (χ2n) is 4.95. The molecule has 102 valence electrons. The third kappa shape index (κ3) is 2.38. The van der Waals surface area contributed by atoms with Crippen LogP contribution in [0.1, 0.15) is 38.4 Å². The molecule has 0 fully saturated rings. The van der Waals surface area contributed by atoms with E-state index in [0.717, 1.165) is 29.2 Å². The highest BCUT2D eigenvalue weighted by Crippen LogP contribution is 2.37. The zero-order chi connectivity index (χ0) is 13.9. The van der Waals surface area contributed by atoms with Gasteiger partial charge in [-0.25, -0.2) is 0 Å². The van der Waals surface area contributed by atoms with Gasteiger partial charge in [-0.1, -0.05) is 56.3 Å². The van der Waals surface area contributed by atoms with E-state index in [1.54, 1.807) is 7.11 Å². The van der Waals surface area contributed by atoms with Gasteiger partial charge in [-0.2, -0.15) is 0 Å². The highest BCUT2D eigenvalue weighted by Gasteiger charge is 2.36. The summed E-state index contributed by atoms with van der Waals surface area (Å²) < 4.78 is 5.65. The SMILES string of the molecule is CCC(CC)(OC)C(O)c1cccc2ccccc12. The number of methoxy groups -OCH3 is 1. The summed E-state index contributed by atoms with van der Waals surface area (Å²) in [7, 11) is 1.68. The third-order valence-corrected chi connectivity index (χ3v) is 4.22. The molecule has 0 aliphatic rings. The maximum atomic E-state index is 10.8. The quantitative estimate of drug-likeness (QED) is 0.875. The monoisotopic (exact) mass is 258 g/mol. The van der Waals surface area contributed by atoms with E-state index in [-0.39, 0.29) is 0 Å². The molecule has 0 spiro atoms. The fourth-order valence-corrected chi connectivity index (χ4v) is 2.81. The van der Waals surface area contributed by atoms with Crippen LogP contribution in [-0.4, -0.2) is 17.8 Å². The Morgan fingerprint density at radius 1 is 1.05 bits per heavy atom. The molecule has 0 aromatic heterocycles. The van der Waals surface area contributed by atoms with Crippen molar-refractivity contribution < 1.29 is 9.84 Å². The number of hydrogen-bond acceptors (Lipinski definition) is 2. The molecular formula is C17H22O2. The number of hydrogen-bond donors (Lipinski definition) is 1. The minimum Gasteiger partial charge on any atom is -0.385 e. The van der Waals surface area contributed by atoms with Crippen LogP contribution < -0.4 is 0 Å². The largest absolute Gasteiger partial charge is 0.385 e. The zero-order valence-corrected chi connectivity index (χ0v) is 11.9. The smallest absolute Gasteiger partial charge is 0.108 e. The van der Waals surface area contributed by atoms with E-state index in [0.29, 0.717) is 0 Å². The fourth-order valence-electron chi connectivity index (χ4n) is 2.81. The summed E-state index contributed by atoms with van der Waals surface area (Å²) in [6.45, 7) is 4.11. The zero-order valence-electron chi connectivity index (χ0n) is 11.9. The lowest BCUT2D eigenvalue weighted by Crippen LogP contribution is -2.37. The summed E-state index contributed by atoms with van der Waals surface area (Å²) in [6, 6.07) is 14.2. The first-order chi connectivity index (χ1) is 9.18. The fraction of sp³-hybridized carbons (Fsp3) is 0.412. The van der Waals surface area contributed by atoms with E-state index in [4.69, 9.17) is 4.74 Å². The number of benzene rings is 2. The van der Waals surface area contributed by atoms with Gasteiger partial charge in [0.05, 0.1) is 5.60 Å². The van der Waals surface area contributed by atoms with Gasteiger partial charge in [-0.15, -0.1) is 0 Å². The molecule has 2 aromatic rings. The van der Waals surface area contributed by atoms with Gasteiger partial charge in [0, 0.05) is 7.11 Å². The van der Waals surface area contributed by atoms with Gasteiger partial charge < -0.3 is 9.84 Å². The van der Waals surface area contributed by atoms with Gasteiger partial charge in [0.15, 0.2) is 0 Å². The summed E-state index contributed by atoms with van der Waals surface area (Å²) in [4.78, 5) is 0. The molecule has 0 heterocycles. The first kappa shape index (κ1) is 14.0. The van der Waals surface area contributed by atoms with Crippen molar-refractivity contribution in [3.63, 3.8) is 0 Å². The number of aliphatic hydroxyl groups is 1. The van der Waals surface area contributed by atoms with Gasteiger partial charge in [0.25, 0.3) is 0 Å². The van der Waals surface area contributed by atoms with Crippen molar-refractivity contribution in [1.29, 1.82) is 0 Å². The predicted octanol–water partition coefficient (Wildman–Crippen LogP) is 4.08. The highest BCUT2D eigenvalue weighted by molar-refractivity contribution is 5.86. The molecule has 19 heavy (non-hydrogen) atoms. The standard InChI is InChI=1S/C17H22O2/c1-4-17(5-2,19-3)16(18)15-12-8-10-13-9-6-7-11-14(13)15/h6-12,16,18H,4-5H2,1-3H3. The van der Waals surface area contributed by atoms with Crippen molar-refractivity contribution in [3.05, 3.63) is 48.0 Å². The topological polar surface area (TPSA) is 29.5 Å². The van der Waals surface area contributed by atoms with E-state index in [1.165, 1.54) is 0 Å². The Hall–Kier alpha value is -1.38. The molecule has 1 atom stereocenters. The maximum Gasteiger partial charge on any atom is 0.108 e. The van der Waals surface area contributed by atoms with Crippen molar-refractivity contribution in [3.8, 4) is 0 Å². The van der Waals surface area contributed by atoms with Crippen molar-refractivity contribution in [2.24, 2.45) is 0 Å². The summed E-state index contributed by atoms with van der Waals surface area (Å²) in [6.07, 6.45) is 0.952. The average Bonchev–Trinajstić information content (AvgIpc) is 2.49. The Morgan fingerprint density at radius 3 is 2.32 bits per heavy atom. The average molecular weight is 258 g/mol. The van der Waals surface area contributed by atoms with Crippen LogP contribution in [0.25, 0.3) is 10.8 Å².